The first-order valence-corrected chi connectivity index (χ1v) is 10.2. The van der Waals surface area contributed by atoms with E-state index in [9.17, 15) is 0 Å². The van der Waals surface area contributed by atoms with E-state index in [0.29, 0.717) is 6.54 Å². The van der Waals surface area contributed by atoms with Gasteiger partial charge in [0.05, 0.1) is 6.54 Å². The Morgan fingerprint density at radius 1 is 1.19 bits per heavy atom. The summed E-state index contributed by atoms with van der Waals surface area (Å²) in [6.07, 6.45) is 4.04. The third-order valence-electron chi connectivity index (χ3n) is 4.61. The molecule has 152 valence electrons. The van der Waals surface area contributed by atoms with Crippen molar-refractivity contribution in [3.63, 3.8) is 0 Å². The smallest absolute Gasteiger partial charge is 0.191 e. The molecule has 1 aliphatic rings. The second-order valence-electron chi connectivity index (χ2n) is 6.84. The number of hydrogen-bond acceptors (Lipinski definition) is 5. The number of piperazine rings is 1. The summed E-state index contributed by atoms with van der Waals surface area (Å²) in [5.74, 6) is 1.93. The first-order chi connectivity index (χ1) is 13.2. The van der Waals surface area contributed by atoms with Gasteiger partial charge in [0, 0.05) is 58.7 Å². The van der Waals surface area contributed by atoms with Gasteiger partial charge in [-0.15, -0.1) is 0 Å². The number of likely N-dealkylation sites (N-methyl/N-ethyl adjacent to an activating group) is 1. The molecule has 7 heteroatoms. The highest BCUT2D eigenvalue weighted by Crippen LogP contribution is 2.15. The van der Waals surface area contributed by atoms with Gasteiger partial charge in [-0.1, -0.05) is 0 Å². The predicted molar refractivity (Wildman–Crippen MR) is 112 cm³/mol. The summed E-state index contributed by atoms with van der Waals surface area (Å²) in [4.78, 5) is 14.0. The number of pyridine rings is 1. The van der Waals surface area contributed by atoms with Crippen LogP contribution in [0.4, 0.5) is 5.82 Å². The zero-order valence-electron chi connectivity index (χ0n) is 17.2. The van der Waals surface area contributed by atoms with Gasteiger partial charge in [-0.05, 0) is 51.4 Å². The van der Waals surface area contributed by atoms with Crippen molar-refractivity contribution in [2.45, 2.75) is 33.2 Å². The molecule has 1 aliphatic heterocycles. The summed E-state index contributed by atoms with van der Waals surface area (Å²) < 4.78 is 5.37. The molecule has 0 amide bonds. The van der Waals surface area contributed by atoms with Crippen molar-refractivity contribution in [1.82, 2.24) is 20.5 Å². The quantitative estimate of drug-likeness (QED) is 0.368. The van der Waals surface area contributed by atoms with Crippen LogP contribution >= 0.6 is 0 Å². The highest BCUT2D eigenvalue weighted by Gasteiger charge is 2.15. The fraction of sp³-hybridized carbons (Fsp3) is 0.700. The van der Waals surface area contributed by atoms with Crippen molar-refractivity contribution in [1.29, 1.82) is 0 Å². The van der Waals surface area contributed by atoms with Crippen molar-refractivity contribution in [2.24, 2.45) is 4.99 Å². The highest BCUT2D eigenvalue weighted by molar-refractivity contribution is 5.79. The van der Waals surface area contributed by atoms with Crippen LogP contribution in [0.2, 0.25) is 0 Å². The van der Waals surface area contributed by atoms with Crippen LogP contribution in [0.15, 0.2) is 23.3 Å². The maximum absolute atomic E-state index is 5.37. The molecule has 1 aromatic heterocycles. The largest absolute Gasteiger partial charge is 0.382 e. The number of aromatic nitrogens is 1. The van der Waals surface area contributed by atoms with Gasteiger partial charge in [-0.25, -0.2) is 9.98 Å². The standard InChI is InChI=1S/C20H36N6O/c1-4-21-20(23-9-6-7-15-27-5-2)24-17-18-8-10-22-19(16-18)26-13-11-25(3)12-14-26/h8,10,16H,4-7,9,11-15,17H2,1-3H3,(H2,21,23,24). The molecule has 0 saturated carbocycles. The minimum atomic E-state index is 0.650. The molecule has 1 aromatic rings. The third kappa shape index (κ3) is 8.13. The lowest BCUT2D eigenvalue weighted by Crippen LogP contribution is -2.44. The molecule has 0 radical (unpaired) electrons. The number of aliphatic imine (C=N–C) groups is 1. The van der Waals surface area contributed by atoms with E-state index in [-0.39, 0.29) is 0 Å². The molecule has 7 nitrogen and oxygen atoms in total. The second kappa shape index (κ2) is 12.5. The summed E-state index contributed by atoms with van der Waals surface area (Å²) in [6, 6.07) is 4.22. The summed E-state index contributed by atoms with van der Waals surface area (Å²) in [6.45, 7) is 12.4. The van der Waals surface area contributed by atoms with Gasteiger partial charge in [0.15, 0.2) is 5.96 Å². The molecule has 1 saturated heterocycles. The molecule has 2 heterocycles. The average Bonchev–Trinajstić information content (AvgIpc) is 2.69. The van der Waals surface area contributed by atoms with E-state index in [4.69, 9.17) is 9.73 Å². The number of guanidine groups is 1. The number of hydrogen-bond donors (Lipinski definition) is 2. The molecule has 1 fully saturated rings. The first-order valence-electron chi connectivity index (χ1n) is 10.2. The van der Waals surface area contributed by atoms with E-state index in [1.807, 2.05) is 13.1 Å². The molecule has 27 heavy (non-hydrogen) atoms. The van der Waals surface area contributed by atoms with Gasteiger partial charge in [-0.3, -0.25) is 0 Å². The Bertz CT molecular complexity index is 557. The summed E-state index contributed by atoms with van der Waals surface area (Å²) in [7, 11) is 2.17. The lowest BCUT2D eigenvalue weighted by Gasteiger charge is -2.33. The molecule has 0 aliphatic carbocycles. The third-order valence-corrected chi connectivity index (χ3v) is 4.61. The van der Waals surface area contributed by atoms with E-state index < -0.39 is 0 Å². The molecule has 2 rings (SSSR count). The predicted octanol–water partition coefficient (Wildman–Crippen LogP) is 1.71. The molecule has 0 bridgehead atoms. The molecular weight excluding hydrogens is 340 g/mol. The molecule has 0 atom stereocenters. The van der Waals surface area contributed by atoms with Crippen LogP contribution in [-0.4, -0.2) is 75.4 Å². The van der Waals surface area contributed by atoms with Crippen LogP contribution in [0.25, 0.3) is 0 Å². The summed E-state index contributed by atoms with van der Waals surface area (Å²) in [5.41, 5.74) is 1.19. The van der Waals surface area contributed by atoms with Gasteiger partial charge >= 0.3 is 0 Å². The van der Waals surface area contributed by atoms with Gasteiger partial charge in [0.2, 0.25) is 0 Å². The lowest BCUT2D eigenvalue weighted by atomic mass is 10.2. The van der Waals surface area contributed by atoms with Crippen LogP contribution in [0.5, 0.6) is 0 Å². The summed E-state index contributed by atoms with van der Waals surface area (Å²) >= 11 is 0. The molecule has 0 aromatic carbocycles. The molecule has 0 unspecified atom stereocenters. The average molecular weight is 377 g/mol. The Morgan fingerprint density at radius 3 is 2.74 bits per heavy atom. The van der Waals surface area contributed by atoms with Crippen LogP contribution in [-0.2, 0) is 11.3 Å². The zero-order valence-corrected chi connectivity index (χ0v) is 17.2. The number of anilines is 1. The van der Waals surface area contributed by atoms with E-state index in [0.717, 1.165) is 77.1 Å². The van der Waals surface area contributed by atoms with Gasteiger partial charge in [-0.2, -0.15) is 0 Å². The van der Waals surface area contributed by atoms with E-state index >= 15 is 0 Å². The molecule has 0 spiro atoms. The lowest BCUT2D eigenvalue weighted by molar-refractivity contribution is 0.143. The Hall–Kier alpha value is -1.86. The number of nitrogens with one attached hydrogen (secondary N) is 2. The Labute approximate surface area is 164 Å². The number of rotatable bonds is 10. The van der Waals surface area contributed by atoms with E-state index in [1.165, 1.54) is 5.56 Å². The minimum Gasteiger partial charge on any atom is -0.382 e. The molecular formula is C20H36N6O. The van der Waals surface area contributed by atoms with Crippen LogP contribution in [0.1, 0.15) is 32.3 Å². The van der Waals surface area contributed by atoms with Crippen molar-refractivity contribution in [3.05, 3.63) is 23.9 Å². The van der Waals surface area contributed by atoms with E-state index in [2.05, 4.69) is 51.5 Å². The van der Waals surface area contributed by atoms with E-state index in [1.54, 1.807) is 0 Å². The Kier molecular flexibility index (Phi) is 9.94. The number of ether oxygens (including phenoxy) is 1. The normalized spacial score (nSPS) is 15.8. The van der Waals surface area contributed by atoms with Crippen molar-refractivity contribution >= 4 is 11.8 Å². The monoisotopic (exact) mass is 376 g/mol. The fourth-order valence-corrected chi connectivity index (χ4v) is 2.96. The topological polar surface area (TPSA) is 65.0 Å². The van der Waals surface area contributed by atoms with Crippen molar-refractivity contribution < 1.29 is 4.74 Å². The maximum atomic E-state index is 5.37. The molecule has 2 N–H and O–H groups in total. The fourth-order valence-electron chi connectivity index (χ4n) is 2.96. The van der Waals surface area contributed by atoms with Crippen LogP contribution < -0.4 is 15.5 Å². The van der Waals surface area contributed by atoms with Crippen LogP contribution in [0, 0.1) is 0 Å². The van der Waals surface area contributed by atoms with Crippen molar-refractivity contribution in [2.75, 3.05) is 64.4 Å². The Balaban J connectivity index is 1.84. The Morgan fingerprint density at radius 2 is 2.00 bits per heavy atom. The van der Waals surface area contributed by atoms with Crippen LogP contribution in [0.3, 0.4) is 0 Å². The van der Waals surface area contributed by atoms with Gasteiger partial charge < -0.3 is 25.2 Å². The number of unbranched alkanes of at least 4 members (excludes halogenated alkanes) is 1. The van der Waals surface area contributed by atoms with Gasteiger partial charge in [0.1, 0.15) is 5.82 Å². The maximum Gasteiger partial charge on any atom is 0.191 e. The van der Waals surface area contributed by atoms with Crippen molar-refractivity contribution in [3.8, 4) is 0 Å². The highest BCUT2D eigenvalue weighted by atomic mass is 16.5. The SMILES string of the molecule is CCNC(=NCc1ccnc(N2CCN(C)CC2)c1)NCCCCOCC. The second-order valence-corrected chi connectivity index (χ2v) is 6.84. The zero-order chi connectivity index (χ0) is 19.3. The minimum absolute atomic E-state index is 0.650. The first kappa shape index (κ1) is 21.4. The summed E-state index contributed by atoms with van der Waals surface area (Å²) in [5, 5.41) is 6.72. The number of nitrogens with zero attached hydrogens (tertiary/aromatic N) is 4. The van der Waals surface area contributed by atoms with Gasteiger partial charge in [0.25, 0.3) is 0 Å².